The Morgan fingerprint density at radius 2 is 2.16 bits per heavy atom. The Bertz CT molecular complexity index is 695. The molecule has 0 radical (unpaired) electrons. The van der Waals surface area contributed by atoms with Gasteiger partial charge in [-0.1, -0.05) is 30.3 Å². The topological polar surface area (TPSA) is 79.4 Å². The van der Waals surface area contributed by atoms with Gasteiger partial charge in [0, 0.05) is 39.5 Å². The van der Waals surface area contributed by atoms with E-state index in [4.69, 9.17) is 4.74 Å². The number of carbonyl (C=O) groups excluding carboxylic acids is 1. The van der Waals surface area contributed by atoms with Gasteiger partial charge < -0.3 is 15.4 Å². The summed E-state index contributed by atoms with van der Waals surface area (Å²) >= 11 is 0. The van der Waals surface area contributed by atoms with Gasteiger partial charge in [-0.3, -0.25) is 9.69 Å². The third kappa shape index (κ3) is 4.32. The van der Waals surface area contributed by atoms with Crippen molar-refractivity contribution in [1.29, 1.82) is 0 Å². The molecule has 1 amide bonds. The van der Waals surface area contributed by atoms with Gasteiger partial charge >= 0.3 is 0 Å². The van der Waals surface area contributed by atoms with E-state index in [9.17, 15) is 4.79 Å². The molecule has 1 atom stereocenters. The lowest BCUT2D eigenvalue weighted by Crippen LogP contribution is -2.50. The lowest BCUT2D eigenvalue weighted by molar-refractivity contribution is -0.121. The zero-order chi connectivity index (χ0) is 17.5. The van der Waals surface area contributed by atoms with Crippen molar-refractivity contribution < 1.29 is 9.53 Å². The third-order valence-electron chi connectivity index (χ3n) is 4.06. The molecule has 132 valence electrons. The number of nitrogens with zero attached hydrogens (tertiary/aromatic N) is 3. The highest BCUT2D eigenvalue weighted by atomic mass is 16.5. The van der Waals surface area contributed by atoms with Crippen molar-refractivity contribution >= 4 is 17.7 Å². The second-order valence-corrected chi connectivity index (χ2v) is 5.80. The Kier molecular flexibility index (Phi) is 5.92. The highest BCUT2D eigenvalue weighted by Gasteiger charge is 2.31. The van der Waals surface area contributed by atoms with Crippen LogP contribution in [0.2, 0.25) is 0 Å². The summed E-state index contributed by atoms with van der Waals surface area (Å²) in [6.07, 6.45) is 2.54. The van der Waals surface area contributed by atoms with Crippen LogP contribution in [-0.2, 0) is 9.53 Å². The molecular formula is C18H23N5O2. The number of hydrogen-bond acceptors (Lipinski definition) is 6. The zero-order valence-electron chi connectivity index (χ0n) is 14.3. The Balaban J connectivity index is 1.71. The van der Waals surface area contributed by atoms with Gasteiger partial charge in [0.05, 0.1) is 0 Å². The first kappa shape index (κ1) is 17.3. The minimum absolute atomic E-state index is 0.00137. The van der Waals surface area contributed by atoms with Crippen LogP contribution in [0.1, 0.15) is 18.0 Å². The van der Waals surface area contributed by atoms with E-state index in [2.05, 4.69) is 20.6 Å². The van der Waals surface area contributed by atoms with Crippen molar-refractivity contribution in [3.63, 3.8) is 0 Å². The Hall–Kier alpha value is -2.51. The maximum absolute atomic E-state index is 12.9. The second-order valence-electron chi connectivity index (χ2n) is 5.80. The fourth-order valence-electron chi connectivity index (χ4n) is 2.81. The molecule has 0 bridgehead atoms. The first-order valence-corrected chi connectivity index (χ1v) is 8.45. The number of methoxy groups -OCH3 is 1. The van der Waals surface area contributed by atoms with Crippen LogP contribution >= 0.6 is 0 Å². The summed E-state index contributed by atoms with van der Waals surface area (Å²) in [5.41, 5.74) is 0.962. The summed E-state index contributed by atoms with van der Waals surface area (Å²) in [6.45, 7) is 2.70. The number of hydrogen-bond donors (Lipinski definition) is 2. The van der Waals surface area contributed by atoms with Crippen LogP contribution in [-0.4, -0.2) is 49.2 Å². The van der Waals surface area contributed by atoms with Gasteiger partial charge in [-0.05, 0) is 18.1 Å². The molecule has 1 fully saturated rings. The van der Waals surface area contributed by atoms with E-state index in [1.165, 1.54) is 0 Å². The number of aromatic nitrogens is 2. The zero-order valence-corrected chi connectivity index (χ0v) is 14.3. The number of ether oxygens (including phenoxy) is 1. The van der Waals surface area contributed by atoms with E-state index >= 15 is 0 Å². The first-order valence-electron chi connectivity index (χ1n) is 8.45. The molecule has 2 heterocycles. The molecule has 25 heavy (non-hydrogen) atoms. The molecule has 2 N–H and O–H groups in total. The van der Waals surface area contributed by atoms with Crippen molar-refractivity contribution in [2.75, 3.05) is 43.6 Å². The summed E-state index contributed by atoms with van der Waals surface area (Å²) < 4.78 is 5.03. The summed E-state index contributed by atoms with van der Waals surface area (Å²) in [4.78, 5) is 23.3. The van der Waals surface area contributed by atoms with Crippen LogP contribution in [0, 0.1) is 0 Å². The fourth-order valence-corrected chi connectivity index (χ4v) is 2.81. The van der Waals surface area contributed by atoms with Crippen LogP contribution < -0.4 is 15.5 Å². The molecule has 0 spiro atoms. The number of nitrogens with one attached hydrogen (secondary N) is 2. The molecule has 1 aromatic carbocycles. The van der Waals surface area contributed by atoms with Gasteiger partial charge in [0.2, 0.25) is 11.9 Å². The van der Waals surface area contributed by atoms with Crippen molar-refractivity contribution in [3.05, 3.63) is 48.2 Å². The Labute approximate surface area is 147 Å². The maximum Gasteiger partial charge on any atom is 0.249 e. The molecule has 1 aliphatic heterocycles. The summed E-state index contributed by atoms with van der Waals surface area (Å²) in [7, 11) is 1.68. The van der Waals surface area contributed by atoms with Crippen LogP contribution in [0.25, 0.3) is 0 Å². The standard InChI is InChI=1S/C18H23N5O2/c1-25-13-5-9-20-18-21-10-8-15(22-18)23-12-11-19-16(17(23)24)14-6-3-2-4-7-14/h2-4,6-8,10,16,19H,5,9,11-13H2,1H3,(H,20,21,22). The predicted octanol–water partition coefficient (Wildman–Crippen LogP) is 1.60. The van der Waals surface area contributed by atoms with Crippen LogP contribution in [0.3, 0.4) is 0 Å². The molecule has 1 unspecified atom stereocenters. The molecule has 1 saturated heterocycles. The highest BCUT2D eigenvalue weighted by molar-refractivity contribution is 5.97. The second kappa shape index (κ2) is 8.55. The van der Waals surface area contributed by atoms with Crippen molar-refractivity contribution in [1.82, 2.24) is 15.3 Å². The van der Waals surface area contributed by atoms with E-state index in [0.717, 1.165) is 18.5 Å². The van der Waals surface area contributed by atoms with E-state index in [0.29, 0.717) is 31.5 Å². The van der Waals surface area contributed by atoms with Gasteiger partial charge in [-0.2, -0.15) is 4.98 Å². The normalized spacial score (nSPS) is 17.6. The van der Waals surface area contributed by atoms with E-state index < -0.39 is 0 Å². The minimum Gasteiger partial charge on any atom is -0.385 e. The maximum atomic E-state index is 12.9. The lowest BCUT2D eigenvalue weighted by atomic mass is 10.0. The van der Waals surface area contributed by atoms with Crippen LogP contribution in [0.15, 0.2) is 42.6 Å². The molecule has 1 aliphatic rings. The number of carbonyl (C=O) groups is 1. The average Bonchev–Trinajstić information content (AvgIpc) is 2.66. The molecule has 0 aliphatic carbocycles. The van der Waals surface area contributed by atoms with Crippen LogP contribution in [0.5, 0.6) is 0 Å². The largest absolute Gasteiger partial charge is 0.385 e. The van der Waals surface area contributed by atoms with Crippen LogP contribution in [0.4, 0.5) is 11.8 Å². The minimum atomic E-state index is -0.344. The average molecular weight is 341 g/mol. The molecule has 3 rings (SSSR count). The van der Waals surface area contributed by atoms with Gasteiger partial charge in [-0.15, -0.1) is 0 Å². The quantitative estimate of drug-likeness (QED) is 0.745. The third-order valence-corrected chi connectivity index (χ3v) is 4.06. The van der Waals surface area contributed by atoms with Crippen molar-refractivity contribution in [2.24, 2.45) is 0 Å². The van der Waals surface area contributed by atoms with Crippen molar-refractivity contribution in [2.45, 2.75) is 12.5 Å². The summed E-state index contributed by atoms with van der Waals surface area (Å²) in [5.74, 6) is 1.15. The molecule has 7 nitrogen and oxygen atoms in total. The number of amides is 1. The number of rotatable bonds is 7. The molecule has 1 aromatic heterocycles. The highest BCUT2D eigenvalue weighted by Crippen LogP contribution is 2.22. The van der Waals surface area contributed by atoms with Gasteiger partial charge in [-0.25, -0.2) is 4.98 Å². The number of anilines is 2. The Morgan fingerprint density at radius 1 is 1.32 bits per heavy atom. The van der Waals surface area contributed by atoms with E-state index in [1.807, 2.05) is 30.3 Å². The first-order chi connectivity index (χ1) is 12.3. The molecule has 2 aromatic rings. The monoisotopic (exact) mass is 341 g/mol. The number of benzene rings is 1. The fraction of sp³-hybridized carbons (Fsp3) is 0.389. The van der Waals surface area contributed by atoms with Gasteiger partial charge in [0.15, 0.2) is 0 Å². The van der Waals surface area contributed by atoms with Gasteiger partial charge in [0.25, 0.3) is 0 Å². The van der Waals surface area contributed by atoms with E-state index in [1.54, 1.807) is 24.3 Å². The molecular weight excluding hydrogens is 318 g/mol. The molecule has 7 heteroatoms. The summed E-state index contributed by atoms with van der Waals surface area (Å²) in [5, 5.41) is 6.44. The smallest absolute Gasteiger partial charge is 0.249 e. The van der Waals surface area contributed by atoms with Crippen molar-refractivity contribution in [3.8, 4) is 0 Å². The Morgan fingerprint density at radius 3 is 2.96 bits per heavy atom. The van der Waals surface area contributed by atoms with Gasteiger partial charge in [0.1, 0.15) is 11.9 Å². The number of piperazine rings is 1. The predicted molar refractivity (Wildman–Crippen MR) is 96.6 cm³/mol. The SMILES string of the molecule is COCCCNc1nccc(N2CCNC(c3ccccc3)C2=O)n1. The van der Waals surface area contributed by atoms with E-state index in [-0.39, 0.29) is 11.9 Å². The summed E-state index contributed by atoms with van der Waals surface area (Å²) in [6, 6.07) is 11.2. The molecule has 0 saturated carbocycles. The lowest BCUT2D eigenvalue weighted by Gasteiger charge is -2.32.